The van der Waals surface area contributed by atoms with Crippen LogP contribution in [0.15, 0.2) is 47.3 Å². The van der Waals surface area contributed by atoms with Gasteiger partial charge in [0.1, 0.15) is 11.5 Å². The molecular weight excluding hydrogens is 176 g/mol. The maximum Gasteiger partial charge on any atom is 0.115 e. The monoisotopic (exact) mass is 192 g/mol. The van der Waals surface area contributed by atoms with Gasteiger partial charge in [-0.3, -0.25) is 0 Å². The Bertz CT molecular complexity index is 309. The van der Waals surface area contributed by atoms with Crippen LogP contribution in [-0.2, 0) is 4.74 Å². The summed E-state index contributed by atoms with van der Waals surface area (Å²) in [5.41, 5.74) is 0.863. The van der Waals surface area contributed by atoms with Crippen molar-refractivity contribution in [3.8, 4) is 0 Å². The molecule has 14 heavy (non-hydrogen) atoms. The van der Waals surface area contributed by atoms with Crippen molar-refractivity contribution in [1.82, 2.24) is 0 Å². The first-order chi connectivity index (χ1) is 6.66. The van der Waals surface area contributed by atoms with Gasteiger partial charge in [0.25, 0.3) is 0 Å². The summed E-state index contributed by atoms with van der Waals surface area (Å²) in [6, 6.07) is 3.79. The van der Waals surface area contributed by atoms with Crippen molar-refractivity contribution in [1.29, 1.82) is 0 Å². The molecule has 0 spiro atoms. The van der Waals surface area contributed by atoms with Crippen LogP contribution in [0.4, 0.5) is 0 Å². The minimum absolute atomic E-state index is 0.115. The van der Waals surface area contributed by atoms with Gasteiger partial charge in [0, 0.05) is 5.92 Å². The number of allylic oxidation sites excluding steroid dienone is 1. The van der Waals surface area contributed by atoms with E-state index in [-0.39, 0.29) is 5.92 Å². The van der Waals surface area contributed by atoms with Crippen LogP contribution in [0.2, 0.25) is 0 Å². The minimum atomic E-state index is 0.115. The van der Waals surface area contributed by atoms with Crippen LogP contribution in [0, 0.1) is 0 Å². The van der Waals surface area contributed by atoms with Gasteiger partial charge < -0.3 is 9.15 Å². The largest absolute Gasteiger partial charge is 0.494 e. The van der Waals surface area contributed by atoms with E-state index in [0.29, 0.717) is 12.4 Å². The highest BCUT2D eigenvalue weighted by Crippen LogP contribution is 2.27. The average Bonchev–Trinajstić information content (AvgIpc) is 2.68. The Kier molecular flexibility index (Phi) is 3.57. The standard InChI is InChI=1S/C12H16O2/c1-5-13-11(4)9(2)10(3)12-7-6-8-14-12/h6-8,10H,2,4-5H2,1,3H3. The lowest BCUT2D eigenvalue weighted by molar-refractivity contribution is 0.235. The van der Waals surface area contributed by atoms with Crippen LogP contribution in [0.25, 0.3) is 0 Å². The molecule has 1 aromatic rings. The fourth-order valence-electron chi connectivity index (χ4n) is 1.22. The van der Waals surface area contributed by atoms with Gasteiger partial charge in [-0.15, -0.1) is 0 Å². The van der Waals surface area contributed by atoms with Gasteiger partial charge in [-0.2, -0.15) is 0 Å². The third kappa shape index (κ3) is 2.28. The molecule has 1 atom stereocenters. The molecule has 2 heteroatoms. The Morgan fingerprint density at radius 1 is 1.57 bits per heavy atom. The molecule has 0 N–H and O–H groups in total. The summed E-state index contributed by atoms with van der Waals surface area (Å²) >= 11 is 0. The van der Waals surface area contributed by atoms with E-state index < -0.39 is 0 Å². The zero-order chi connectivity index (χ0) is 10.6. The zero-order valence-corrected chi connectivity index (χ0v) is 8.75. The predicted molar refractivity (Wildman–Crippen MR) is 57.0 cm³/mol. The Morgan fingerprint density at radius 3 is 2.79 bits per heavy atom. The van der Waals surface area contributed by atoms with Crippen LogP contribution in [-0.4, -0.2) is 6.61 Å². The summed E-state index contributed by atoms with van der Waals surface area (Å²) in [6.45, 7) is 12.3. The number of rotatable bonds is 5. The molecule has 1 unspecified atom stereocenters. The van der Waals surface area contributed by atoms with Gasteiger partial charge in [0.15, 0.2) is 0 Å². The van der Waals surface area contributed by atoms with E-state index in [9.17, 15) is 0 Å². The van der Waals surface area contributed by atoms with Crippen LogP contribution in [0.5, 0.6) is 0 Å². The Morgan fingerprint density at radius 2 is 2.29 bits per heavy atom. The summed E-state index contributed by atoms with van der Waals surface area (Å²) in [5, 5.41) is 0. The lowest BCUT2D eigenvalue weighted by Crippen LogP contribution is -2.01. The van der Waals surface area contributed by atoms with E-state index in [1.165, 1.54) is 0 Å². The number of ether oxygens (including phenoxy) is 1. The van der Waals surface area contributed by atoms with Crippen molar-refractivity contribution >= 4 is 0 Å². The summed E-state index contributed by atoms with van der Waals surface area (Å²) < 4.78 is 10.6. The molecule has 1 aromatic heterocycles. The summed E-state index contributed by atoms with van der Waals surface area (Å²) in [5.74, 6) is 1.64. The second-order valence-corrected chi connectivity index (χ2v) is 3.12. The maximum atomic E-state index is 5.29. The van der Waals surface area contributed by atoms with E-state index in [1.807, 2.05) is 26.0 Å². The molecule has 0 aliphatic heterocycles. The molecule has 76 valence electrons. The van der Waals surface area contributed by atoms with Gasteiger partial charge in [0.05, 0.1) is 12.9 Å². The normalized spacial score (nSPS) is 12.1. The number of hydrogen-bond acceptors (Lipinski definition) is 2. The smallest absolute Gasteiger partial charge is 0.115 e. The van der Waals surface area contributed by atoms with Crippen molar-refractivity contribution < 1.29 is 9.15 Å². The Labute approximate surface area is 84.9 Å². The molecule has 1 heterocycles. The SMILES string of the molecule is C=C(OCC)C(=C)C(C)c1ccco1. The molecule has 0 saturated carbocycles. The maximum absolute atomic E-state index is 5.29. The lowest BCUT2D eigenvalue weighted by atomic mass is 9.99. The minimum Gasteiger partial charge on any atom is -0.494 e. The molecular formula is C12H16O2. The van der Waals surface area contributed by atoms with Gasteiger partial charge in [0.2, 0.25) is 0 Å². The Hall–Kier alpha value is -1.44. The molecule has 1 rings (SSSR count). The summed E-state index contributed by atoms with van der Waals surface area (Å²) in [4.78, 5) is 0. The topological polar surface area (TPSA) is 22.4 Å². The molecule has 2 nitrogen and oxygen atoms in total. The van der Waals surface area contributed by atoms with Crippen molar-refractivity contribution in [3.05, 3.63) is 48.6 Å². The van der Waals surface area contributed by atoms with E-state index in [4.69, 9.17) is 9.15 Å². The zero-order valence-electron chi connectivity index (χ0n) is 8.75. The highest BCUT2D eigenvalue weighted by atomic mass is 16.5. The van der Waals surface area contributed by atoms with Crippen LogP contribution < -0.4 is 0 Å². The second-order valence-electron chi connectivity index (χ2n) is 3.12. The Balaban J connectivity index is 2.66. The van der Waals surface area contributed by atoms with Crippen molar-refractivity contribution in [3.63, 3.8) is 0 Å². The highest BCUT2D eigenvalue weighted by Gasteiger charge is 2.15. The van der Waals surface area contributed by atoms with Crippen molar-refractivity contribution in [2.75, 3.05) is 6.61 Å². The number of furan rings is 1. The number of hydrogen-bond donors (Lipinski definition) is 0. The molecule has 0 aromatic carbocycles. The quantitative estimate of drug-likeness (QED) is 0.526. The van der Waals surface area contributed by atoms with Gasteiger partial charge in [-0.1, -0.05) is 20.1 Å². The van der Waals surface area contributed by atoms with E-state index in [0.717, 1.165) is 11.3 Å². The fourth-order valence-corrected chi connectivity index (χ4v) is 1.22. The summed E-state index contributed by atoms with van der Waals surface area (Å²) in [7, 11) is 0. The average molecular weight is 192 g/mol. The first-order valence-electron chi connectivity index (χ1n) is 4.71. The van der Waals surface area contributed by atoms with Crippen LogP contribution >= 0.6 is 0 Å². The molecule has 0 aliphatic carbocycles. The fraction of sp³-hybridized carbons (Fsp3) is 0.333. The molecule has 0 fully saturated rings. The molecule has 0 aliphatic rings. The first-order valence-corrected chi connectivity index (χ1v) is 4.71. The molecule has 0 radical (unpaired) electrons. The van der Waals surface area contributed by atoms with Crippen LogP contribution in [0.1, 0.15) is 25.5 Å². The second kappa shape index (κ2) is 4.70. The third-order valence-electron chi connectivity index (χ3n) is 2.17. The van der Waals surface area contributed by atoms with Gasteiger partial charge in [-0.05, 0) is 24.6 Å². The predicted octanol–water partition coefficient (Wildman–Crippen LogP) is 3.49. The molecule has 0 saturated heterocycles. The molecule has 0 amide bonds. The van der Waals surface area contributed by atoms with Gasteiger partial charge in [-0.25, -0.2) is 0 Å². The molecule has 0 bridgehead atoms. The van der Waals surface area contributed by atoms with Crippen molar-refractivity contribution in [2.24, 2.45) is 0 Å². The van der Waals surface area contributed by atoms with Gasteiger partial charge >= 0.3 is 0 Å². The van der Waals surface area contributed by atoms with Crippen molar-refractivity contribution in [2.45, 2.75) is 19.8 Å². The highest BCUT2D eigenvalue weighted by molar-refractivity contribution is 5.30. The van der Waals surface area contributed by atoms with Crippen LogP contribution in [0.3, 0.4) is 0 Å². The lowest BCUT2D eigenvalue weighted by Gasteiger charge is -2.14. The summed E-state index contributed by atoms with van der Waals surface area (Å²) in [6.07, 6.45) is 1.66. The van der Waals surface area contributed by atoms with E-state index >= 15 is 0 Å². The van der Waals surface area contributed by atoms with E-state index in [2.05, 4.69) is 13.2 Å². The third-order valence-corrected chi connectivity index (χ3v) is 2.17. The van der Waals surface area contributed by atoms with E-state index in [1.54, 1.807) is 6.26 Å². The first kappa shape index (κ1) is 10.6.